The molecule has 0 atom stereocenters. The molecule has 2 aromatic carbocycles. The number of hydrogen-bond donors (Lipinski definition) is 2. The second-order valence-electron chi connectivity index (χ2n) is 3.86. The van der Waals surface area contributed by atoms with Gasteiger partial charge in [0, 0.05) is 10.7 Å². The summed E-state index contributed by atoms with van der Waals surface area (Å²) in [7, 11) is 1.30. The zero-order chi connectivity index (χ0) is 13.8. The third kappa shape index (κ3) is 3.17. The Morgan fingerprint density at radius 2 is 2.05 bits per heavy atom. The van der Waals surface area contributed by atoms with Crippen LogP contribution in [0.5, 0.6) is 5.75 Å². The summed E-state index contributed by atoms with van der Waals surface area (Å²) >= 11 is 5.88. The number of aromatic hydroxyl groups is 1. The molecular weight excluding hydrogens is 266 g/mol. The second-order valence-corrected chi connectivity index (χ2v) is 4.30. The fourth-order valence-electron chi connectivity index (χ4n) is 1.60. The Morgan fingerprint density at radius 1 is 1.26 bits per heavy atom. The summed E-state index contributed by atoms with van der Waals surface area (Å²) < 4.78 is 4.63. The molecule has 0 unspecified atom stereocenters. The lowest BCUT2D eigenvalue weighted by Crippen LogP contribution is -2.02. The molecule has 0 spiro atoms. The van der Waals surface area contributed by atoms with Crippen LogP contribution in [0.4, 0.5) is 11.4 Å². The number of carbonyl (C=O) groups excluding carboxylic acids is 1. The quantitative estimate of drug-likeness (QED) is 0.665. The Kier molecular flexibility index (Phi) is 3.92. The maximum Gasteiger partial charge on any atom is 0.337 e. The van der Waals surface area contributed by atoms with Crippen LogP contribution in [-0.4, -0.2) is 18.2 Å². The maximum absolute atomic E-state index is 11.4. The maximum atomic E-state index is 11.4. The molecule has 0 radical (unpaired) electrons. The van der Waals surface area contributed by atoms with E-state index < -0.39 is 5.97 Å². The van der Waals surface area contributed by atoms with Crippen molar-refractivity contribution in [1.29, 1.82) is 0 Å². The minimum atomic E-state index is -0.464. The van der Waals surface area contributed by atoms with Crippen molar-refractivity contribution in [2.75, 3.05) is 12.4 Å². The van der Waals surface area contributed by atoms with Crippen LogP contribution in [0, 0.1) is 0 Å². The Balaban J connectivity index is 2.31. The summed E-state index contributed by atoms with van der Waals surface area (Å²) in [5.41, 5.74) is 1.47. The first-order chi connectivity index (χ1) is 9.10. The summed E-state index contributed by atoms with van der Waals surface area (Å²) in [6.07, 6.45) is 0. The topological polar surface area (TPSA) is 58.6 Å². The summed E-state index contributed by atoms with van der Waals surface area (Å²) in [6, 6.07) is 11.5. The highest BCUT2D eigenvalue weighted by Crippen LogP contribution is 2.28. The molecule has 4 nitrogen and oxygen atoms in total. The standard InChI is InChI=1S/C14H12ClNO3/c1-19-14(18)9-5-6-13(17)12(7-9)16-11-4-2-3-10(15)8-11/h2-8,16-17H,1H3. The van der Waals surface area contributed by atoms with Gasteiger partial charge in [-0.3, -0.25) is 0 Å². The van der Waals surface area contributed by atoms with Gasteiger partial charge in [-0.1, -0.05) is 17.7 Å². The first-order valence-corrected chi connectivity index (χ1v) is 5.92. The third-order valence-corrected chi connectivity index (χ3v) is 2.76. The van der Waals surface area contributed by atoms with Crippen molar-refractivity contribution < 1.29 is 14.6 Å². The number of rotatable bonds is 3. The molecular formula is C14H12ClNO3. The highest BCUT2D eigenvalue weighted by atomic mass is 35.5. The highest BCUT2D eigenvalue weighted by Gasteiger charge is 2.09. The van der Waals surface area contributed by atoms with E-state index in [1.807, 2.05) is 0 Å². The van der Waals surface area contributed by atoms with E-state index in [9.17, 15) is 9.90 Å². The lowest BCUT2D eigenvalue weighted by Gasteiger charge is -2.10. The highest BCUT2D eigenvalue weighted by molar-refractivity contribution is 6.30. The SMILES string of the molecule is COC(=O)c1ccc(O)c(Nc2cccc(Cl)c2)c1. The molecule has 5 heteroatoms. The smallest absolute Gasteiger partial charge is 0.337 e. The average molecular weight is 278 g/mol. The van der Waals surface area contributed by atoms with Gasteiger partial charge in [-0.15, -0.1) is 0 Å². The van der Waals surface area contributed by atoms with Crippen LogP contribution in [0.3, 0.4) is 0 Å². The van der Waals surface area contributed by atoms with Crippen molar-refractivity contribution in [3.63, 3.8) is 0 Å². The van der Waals surface area contributed by atoms with E-state index in [1.165, 1.54) is 25.3 Å². The number of ether oxygens (including phenoxy) is 1. The van der Waals surface area contributed by atoms with Crippen LogP contribution in [-0.2, 0) is 4.74 Å². The second kappa shape index (κ2) is 5.63. The van der Waals surface area contributed by atoms with Crippen molar-refractivity contribution in [2.24, 2.45) is 0 Å². The van der Waals surface area contributed by atoms with Gasteiger partial charge < -0.3 is 15.2 Å². The van der Waals surface area contributed by atoms with E-state index in [4.69, 9.17) is 11.6 Å². The zero-order valence-electron chi connectivity index (χ0n) is 10.2. The first-order valence-electron chi connectivity index (χ1n) is 5.54. The van der Waals surface area contributed by atoms with Gasteiger partial charge in [0.15, 0.2) is 0 Å². The van der Waals surface area contributed by atoms with Gasteiger partial charge in [-0.2, -0.15) is 0 Å². The summed E-state index contributed by atoms with van der Waals surface area (Å²) in [5, 5.41) is 13.3. The van der Waals surface area contributed by atoms with Gasteiger partial charge >= 0.3 is 5.97 Å². The van der Waals surface area contributed by atoms with Crippen molar-refractivity contribution >= 4 is 28.9 Å². The van der Waals surface area contributed by atoms with E-state index >= 15 is 0 Å². The monoisotopic (exact) mass is 277 g/mol. The predicted molar refractivity (Wildman–Crippen MR) is 74.2 cm³/mol. The molecule has 0 fully saturated rings. The number of esters is 1. The molecule has 2 N–H and O–H groups in total. The molecule has 98 valence electrons. The number of phenols is 1. The van der Waals surface area contributed by atoms with Gasteiger partial charge in [-0.05, 0) is 36.4 Å². The number of methoxy groups -OCH3 is 1. The Bertz CT molecular complexity index is 613. The number of anilines is 2. The van der Waals surface area contributed by atoms with E-state index in [2.05, 4.69) is 10.1 Å². The Morgan fingerprint density at radius 3 is 2.74 bits per heavy atom. The molecule has 19 heavy (non-hydrogen) atoms. The molecule has 0 saturated carbocycles. The van der Waals surface area contributed by atoms with E-state index in [0.717, 1.165) is 0 Å². The molecule has 0 bridgehead atoms. The predicted octanol–water partition coefficient (Wildman–Crippen LogP) is 3.58. The van der Waals surface area contributed by atoms with Crippen LogP contribution in [0.2, 0.25) is 5.02 Å². The van der Waals surface area contributed by atoms with Crippen molar-refractivity contribution in [3.8, 4) is 5.75 Å². The van der Waals surface area contributed by atoms with Crippen molar-refractivity contribution in [1.82, 2.24) is 0 Å². The third-order valence-electron chi connectivity index (χ3n) is 2.52. The molecule has 0 aliphatic rings. The number of halogens is 1. The van der Waals surface area contributed by atoms with Crippen LogP contribution < -0.4 is 5.32 Å². The van der Waals surface area contributed by atoms with Crippen LogP contribution in [0.1, 0.15) is 10.4 Å². The summed E-state index contributed by atoms with van der Waals surface area (Å²) in [4.78, 5) is 11.4. The molecule has 2 aromatic rings. The van der Waals surface area contributed by atoms with Gasteiger partial charge in [0.1, 0.15) is 5.75 Å². The lowest BCUT2D eigenvalue weighted by molar-refractivity contribution is 0.0601. The zero-order valence-corrected chi connectivity index (χ0v) is 10.9. The van der Waals surface area contributed by atoms with Gasteiger partial charge in [0.05, 0.1) is 18.4 Å². The Labute approximate surface area is 115 Å². The number of nitrogens with one attached hydrogen (secondary N) is 1. The normalized spacial score (nSPS) is 10.0. The van der Waals surface area contributed by atoms with Gasteiger partial charge in [0.2, 0.25) is 0 Å². The van der Waals surface area contributed by atoms with Crippen molar-refractivity contribution in [3.05, 3.63) is 53.1 Å². The van der Waals surface area contributed by atoms with Gasteiger partial charge in [-0.25, -0.2) is 4.79 Å². The summed E-state index contributed by atoms with van der Waals surface area (Å²) in [6.45, 7) is 0. The minimum absolute atomic E-state index is 0.0348. The van der Waals surface area contributed by atoms with Crippen LogP contribution in [0.15, 0.2) is 42.5 Å². The molecule has 0 aliphatic carbocycles. The molecule has 0 amide bonds. The molecule has 0 heterocycles. The molecule has 0 aromatic heterocycles. The molecule has 0 aliphatic heterocycles. The number of carbonyl (C=O) groups is 1. The first kappa shape index (κ1) is 13.2. The van der Waals surface area contributed by atoms with E-state index in [0.29, 0.717) is 22.0 Å². The minimum Gasteiger partial charge on any atom is -0.506 e. The molecule has 0 saturated heterocycles. The average Bonchev–Trinajstić information content (AvgIpc) is 2.40. The lowest BCUT2D eigenvalue weighted by atomic mass is 10.2. The Hall–Kier alpha value is -2.20. The largest absolute Gasteiger partial charge is 0.506 e. The number of benzene rings is 2. The van der Waals surface area contributed by atoms with Crippen LogP contribution >= 0.6 is 11.6 Å². The van der Waals surface area contributed by atoms with Gasteiger partial charge in [0.25, 0.3) is 0 Å². The van der Waals surface area contributed by atoms with Crippen molar-refractivity contribution in [2.45, 2.75) is 0 Å². The fourth-order valence-corrected chi connectivity index (χ4v) is 1.79. The summed E-state index contributed by atoms with van der Waals surface area (Å²) in [5.74, 6) is -0.429. The van der Waals surface area contributed by atoms with E-state index in [1.54, 1.807) is 24.3 Å². The number of phenolic OH excluding ortho intramolecular Hbond substituents is 1. The number of hydrogen-bond acceptors (Lipinski definition) is 4. The van der Waals surface area contributed by atoms with E-state index in [-0.39, 0.29) is 5.75 Å². The molecule has 2 rings (SSSR count). The fraction of sp³-hybridized carbons (Fsp3) is 0.0714. The van der Waals surface area contributed by atoms with Crippen LogP contribution in [0.25, 0.3) is 0 Å².